The number of nitrogens with one attached hydrogen (secondary N) is 2. The number of benzene rings is 2. The van der Waals surface area contributed by atoms with Gasteiger partial charge in [-0.2, -0.15) is 0 Å². The van der Waals surface area contributed by atoms with Crippen LogP contribution in [0.3, 0.4) is 0 Å². The van der Waals surface area contributed by atoms with Crippen LogP contribution in [0.2, 0.25) is 0 Å². The monoisotopic (exact) mass is 456 g/mol. The highest BCUT2D eigenvalue weighted by Gasteiger charge is 2.38. The molecule has 34 heavy (non-hydrogen) atoms. The zero-order valence-electron chi connectivity index (χ0n) is 18.0. The van der Waals surface area contributed by atoms with Gasteiger partial charge in [0.25, 0.3) is 11.8 Å². The number of hydrogen-bond acceptors (Lipinski definition) is 6. The van der Waals surface area contributed by atoms with E-state index in [9.17, 15) is 29.4 Å². The first-order valence-corrected chi connectivity index (χ1v) is 11.2. The highest BCUT2D eigenvalue weighted by molar-refractivity contribution is 6.35. The van der Waals surface area contributed by atoms with E-state index in [0.29, 0.717) is 11.1 Å². The van der Waals surface area contributed by atoms with E-state index in [4.69, 9.17) is 0 Å². The summed E-state index contributed by atoms with van der Waals surface area (Å²) in [5.41, 5.74) is 1.69. The molecule has 0 atom stereocenters. The minimum Gasteiger partial charge on any atom is -0.506 e. The van der Waals surface area contributed by atoms with E-state index in [1.54, 1.807) is 36.4 Å². The summed E-state index contributed by atoms with van der Waals surface area (Å²) < 4.78 is 0. The predicted molar refractivity (Wildman–Crippen MR) is 122 cm³/mol. The molecule has 4 aliphatic carbocycles. The lowest BCUT2D eigenvalue weighted by molar-refractivity contribution is -0.118. The van der Waals surface area contributed by atoms with Crippen LogP contribution in [-0.4, -0.2) is 45.7 Å². The van der Waals surface area contributed by atoms with E-state index in [1.807, 2.05) is 0 Å². The van der Waals surface area contributed by atoms with Crippen LogP contribution in [0, 0.1) is 0 Å². The Labute approximate surface area is 194 Å². The van der Waals surface area contributed by atoms with Crippen molar-refractivity contribution in [2.24, 2.45) is 0 Å². The van der Waals surface area contributed by atoms with Crippen molar-refractivity contribution in [3.8, 4) is 11.1 Å². The smallest absolute Gasteiger partial charge is 0.259 e. The number of aliphatic hydroxyl groups is 2. The number of aliphatic hydroxyl groups excluding tert-OH is 2. The van der Waals surface area contributed by atoms with E-state index in [2.05, 4.69) is 10.6 Å². The predicted octanol–water partition coefficient (Wildman–Crippen LogP) is 2.84. The molecule has 2 aromatic carbocycles. The molecule has 0 bridgehead atoms. The van der Waals surface area contributed by atoms with Crippen molar-refractivity contribution in [2.75, 3.05) is 0 Å². The van der Waals surface area contributed by atoms with Crippen LogP contribution >= 0.6 is 0 Å². The third-order valence-electron chi connectivity index (χ3n) is 6.58. The van der Waals surface area contributed by atoms with E-state index in [-0.39, 0.29) is 57.0 Å². The molecule has 4 N–H and O–H groups in total. The average molecular weight is 456 g/mol. The Kier molecular flexibility index (Phi) is 4.29. The summed E-state index contributed by atoms with van der Waals surface area (Å²) in [7, 11) is 0. The molecule has 0 radical (unpaired) electrons. The van der Waals surface area contributed by atoms with Crippen molar-refractivity contribution in [2.45, 2.75) is 37.8 Å². The van der Waals surface area contributed by atoms with Gasteiger partial charge in [0, 0.05) is 34.3 Å². The van der Waals surface area contributed by atoms with Crippen molar-refractivity contribution in [1.29, 1.82) is 0 Å². The van der Waals surface area contributed by atoms with Gasteiger partial charge in [0.2, 0.25) is 11.6 Å². The van der Waals surface area contributed by atoms with E-state index in [0.717, 1.165) is 25.7 Å². The summed E-state index contributed by atoms with van der Waals surface area (Å²) in [6.07, 6.45) is 3.43. The maximum Gasteiger partial charge on any atom is 0.259 e. The molecule has 0 unspecified atom stereocenters. The molecule has 8 nitrogen and oxygen atoms in total. The van der Waals surface area contributed by atoms with Gasteiger partial charge in [0.05, 0.1) is 0 Å². The summed E-state index contributed by atoms with van der Waals surface area (Å²) in [5.74, 6) is -2.93. The topological polar surface area (TPSA) is 133 Å². The van der Waals surface area contributed by atoms with Crippen LogP contribution in [0.1, 0.15) is 57.5 Å². The van der Waals surface area contributed by atoms with Gasteiger partial charge >= 0.3 is 0 Å². The van der Waals surface area contributed by atoms with E-state index >= 15 is 0 Å². The normalized spacial score (nSPS) is 18.8. The molecule has 0 aliphatic heterocycles. The molecule has 2 fully saturated rings. The molecule has 2 saturated carbocycles. The summed E-state index contributed by atoms with van der Waals surface area (Å²) in [6, 6.07) is 9.72. The Morgan fingerprint density at radius 3 is 1.38 bits per heavy atom. The molecule has 4 aliphatic rings. The second-order valence-electron chi connectivity index (χ2n) is 9.12. The van der Waals surface area contributed by atoms with Crippen molar-refractivity contribution >= 4 is 34.9 Å². The van der Waals surface area contributed by atoms with Crippen molar-refractivity contribution < 1.29 is 29.4 Å². The quantitative estimate of drug-likeness (QED) is 0.512. The highest BCUT2D eigenvalue weighted by Crippen LogP contribution is 2.38. The second kappa shape index (κ2) is 7.15. The zero-order valence-corrected chi connectivity index (χ0v) is 18.0. The first-order chi connectivity index (χ1) is 16.3. The Hall–Kier alpha value is -4.20. The number of fused-ring (bicyclic) bond motifs is 2. The average Bonchev–Trinajstić information content (AvgIpc) is 3.75. The maximum atomic E-state index is 12.7. The number of ketones is 2. The summed E-state index contributed by atoms with van der Waals surface area (Å²) in [4.78, 5) is 50.3. The highest BCUT2D eigenvalue weighted by atomic mass is 16.3. The van der Waals surface area contributed by atoms with Crippen molar-refractivity contribution in [1.82, 2.24) is 10.6 Å². The molecular weight excluding hydrogens is 436 g/mol. The Morgan fingerprint density at radius 1 is 0.647 bits per heavy atom. The third kappa shape index (κ3) is 3.14. The van der Waals surface area contributed by atoms with Gasteiger partial charge < -0.3 is 20.8 Å². The molecule has 0 saturated heterocycles. The van der Waals surface area contributed by atoms with Crippen LogP contribution < -0.4 is 10.6 Å². The van der Waals surface area contributed by atoms with Gasteiger partial charge in [-0.05, 0) is 61.1 Å². The lowest BCUT2D eigenvalue weighted by atomic mass is 9.96. The van der Waals surface area contributed by atoms with E-state index < -0.39 is 23.4 Å². The molecule has 0 spiro atoms. The third-order valence-corrected chi connectivity index (χ3v) is 6.58. The van der Waals surface area contributed by atoms with E-state index in [1.165, 1.54) is 0 Å². The standard InChI is InChI=1S/C26H20N2O6/c29-21-15-7-1-11(9-17(15)23(31)19(21)25(33)27-13-3-4-13)12-2-8-16-18(10-12)24(32)20(22(16)30)26(34)28-14-5-6-14/h1-2,7-10,13-14,31-32H,3-6H2,(H,27,33)(H,28,34). The molecule has 2 amide bonds. The number of hydrogen-bond donors (Lipinski definition) is 4. The number of carbonyl (C=O) groups excluding carboxylic acids is 4. The largest absolute Gasteiger partial charge is 0.506 e. The Bertz CT molecular complexity index is 1300. The first kappa shape index (κ1) is 20.4. The molecular formula is C26H20N2O6. The summed E-state index contributed by atoms with van der Waals surface area (Å²) >= 11 is 0. The summed E-state index contributed by atoms with van der Waals surface area (Å²) in [5, 5.41) is 26.8. The SMILES string of the molecule is O=C(NC1CC1)C1=C(O)c2cc(-c3ccc4c(c3)C(O)=C(C(=O)NC3CC3)C4=O)ccc2C1=O. The molecule has 8 heteroatoms. The molecule has 2 aromatic rings. The number of Topliss-reactive ketones (excluding diaryl/α,β-unsaturated/α-hetero) is 2. The van der Waals surface area contributed by atoms with Gasteiger partial charge in [-0.15, -0.1) is 0 Å². The maximum absolute atomic E-state index is 12.7. The lowest BCUT2D eigenvalue weighted by Crippen LogP contribution is -2.29. The minimum atomic E-state index is -0.578. The van der Waals surface area contributed by atoms with Crippen molar-refractivity contribution in [3.63, 3.8) is 0 Å². The van der Waals surface area contributed by atoms with Crippen LogP contribution in [-0.2, 0) is 9.59 Å². The van der Waals surface area contributed by atoms with Gasteiger partial charge in [0.1, 0.15) is 22.7 Å². The molecule has 170 valence electrons. The molecule has 0 heterocycles. The second-order valence-corrected chi connectivity index (χ2v) is 9.12. The number of amides is 2. The van der Waals surface area contributed by atoms with Gasteiger partial charge in [-0.25, -0.2) is 0 Å². The number of rotatable bonds is 5. The summed E-state index contributed by atoms with van der Waals surface area (Å²) in [6.45, 7) is 0. The fraction of sp³-hybridized carbons (Fsp3) is 0.231. The lowest BCUT2D eigenvalue weighted by Gasteiger charge is -2.08. The van der Waals surface area contributed by atoms with Crippen LogP contribution in [0.4, 0.5) is 0 Å². The van der Waals surface area contributed by atoms with Crippen LogP contribution in [0.25, 0.3) is 22.6 Å². The molecule has 0 aromatic heterocycles. The fourth-order valence-electron chi connectivity index (χ4n) is 4.38. The Balaban J connectivity index is 1.35. The molecule has 6 rings (SSSR count). The van der Waals surface area contributed by atoms with Gasteiger partial charge in [-0.1, -0.05) is 12.1 Å². The number of carbonyl (C=O) groups is 4. The van der Waals surface area contributed by atoms with Crippen LogP contribution in [0.5, 0.6) is 0 Å². The van der Waals surface area contributed by atoms with Gasteiger partial charge in [0.15, 0.2) is 0 Å². The van der Waals surface area contributed by atoms with Gasteiger partial charge in [-0.3, -0.25) is 19.2 Å². The first-order valence-electron chi connectivity index (χ1n) is 11.2. The minimum absolute atomic E-state index is 0.0472. The fourth-order valence-corrected chi connectivity index (χ4v) is 4.38. The Morgan fingerprint density at radius 2 is 1.03 bits per heavy atom. The van der Waals surface area contributed by atoms with Crippen LogP contribution in [0.15, 0.2) is 47.5 Å². The zero-order chi connectivity index (χ0) is 23.7. The van der Waals surface area contributed by atoms with Crippen molar-refractivity contribution in [3.05, 3.63) is 69.8 Å².